The van der Waals surface area contributed by atoms with Crippen LogP contribution in [0.4, 0.5) is 5.95 Å². The molecule has 80 valence electrons. The average Bonchev–Trinajstić information content (AvgIpc) is 2.70. The highest BCUT2D eigenvalue weighted by Gasteiger charge is 2.06. The Labute approximate surface area is 95.3 Å². The average molecular weight is 271 g/mol. The lowest BCUT2D eigenvalue weighted by molar-refractivity contribution is 0.578. The summed E-state index contributed by atoms with van der Waals surface area (Å²) in [5.74, 6) is 1.29. The Balaban J connectivity index is 2.05. The van der Waals surface area contributed by atoms with E-state index in [1.54, 1.807) is 10.9 Å². The minimum atomic E-state index is 0.279. The molecule has 0 aliphatic rings. The first kappa shape index (κ1) is 10.2. The predicted molar refractivity (Wildman–Crippen MR) is 59.0 cm³/mol. The summed E-state index contributed by atoms with van der Waals surface area (Å²) in [4.78, 5) is 8.17. The third-order valence-corrected chi connectivity index (χ3v) is 2.70. The summed E-state index contributed by atoms with van der Waals surface area (Å²) in [6.07, 6.45) is 4.49. The van der Waals surface area contributed by atoms with Crippen molar-refractivity contribution in [1.29, 1.82) is 0 Å². The zero-order chi connectivity index (χ0) is 10.8. The van der Waals surface area contributed by atoms with Crippen LogP contribution in [0.5, 0.6) is 0 Å². The lowest BCUT2D eigenvalue weighted by atomic mass is 10.4. The Morgan fingerprint density at radius 2 is 2.33 bits per heavy atom. The van der Waals surface area contributed by atoms with Gasteiger partial charge in [-0.05, 0) is 15.9 Å². The maximum Gasteiger partial charge on any atom is 0.240 e. The summed E-state index contributed by atoms with van der Waals surface area (Å²) in [5, 5.41) is 4.04. The first-order valence-electron chi connectivity index (χ1n) is 4.49. The molecule has 2 aromatic rings. The Morgan fingerprint density at radius 3 is 2.87 bits per heavy atom. The maximum atomic E-state index is 5.46. The van der Waals surface area contributed by atoms with E-state index in [9.17, 15) is 0 Å². The molecule has 0 atom stereocenters. The molecule has 0 radical (unpaired) electrons. The van der Waals surface area contributed by atoms with Crippen molar-refractivity contribution < 1.29 is 0 Å². The van der Waals surface area contributed by atoms with Crippen molar-refractivity contribution in [3.63, 3.8) is 0 Å². The van der Waals surface area contributed by atoms with Crippen molar-refractivity contribution in [2.45, 2.75) is 13.0 Å². The molecule has 0 fully saturated rings. The van der Waals surface area contributed by atoms with Crippen molar-refractivity contribution in [2.24, 2.45) is 7.05 Å². The largest absolute Gasteiger partial charge is 0.366 e. The number of aryl methyl sites for hydroxylation is 3. The molecule has 15 heavy (non-hydrogen) atoms. The second-order valence-electron chi connectivity index (χ2n) is 3.17. The highest BCUT2D eigenvalue weighted by atomic mass is 79.9. The molecule has 0 unspecified atom stereocenters. The third-order valence-electron chi connectivity index (χ3n) is 2.11. The van der Waals surface area contributed by atoms with E-state index in [2.05, 4.69) is 31.0 Å². The zero-order valence-electron chi connectivity index (χ0n) is 8.26. The second kappa shape index (κ2) is 4.01. The summed E-state index contributed by atoms with van der Waals surface area (Å²) in [6, 6.07) is 0. The fourth-order valence-corrected chi connectivity index (χ4v) is 1.76. The first-order valence-corrected chi connectivity index (χ1v) is 5.28. The molecule has 2 rings (SSSR count). The lowest BCUT2D eigenvalue weighted by Crippen LogP contribution is -2.07. The van der Waals surface area contributed by atoms with Crippen molar-refractivity contribution in [2.75, 3.05) is 5.73 Å². The van der Waals surface area contributed by atoms with Gasteiger partial charge in [0.2, 0.25) is 5.95 Å². The Hall–Kier alpha value is -1.37. The number of anilines is 1. The Morgan fingerprint density at radius 1 is 1.53 bits per heavy atom. The van der Waals surface area contributed by atoms with Crippen LogP contribution < -0.4 is 5.73 Å². The molecule has 2 aromatic heterocycles. The second-order valence-corrected chi connectivity index (χ2v) is 3.88. The monoisotopic (exact) mass is 270 g/mol. The summed E-state index contributed by atoms with van der Waals surface area (Å²) < 4.78 is 4.34. The molecule has 0 saturated heterocycles. The maximum absolute atomic E-state index is 5.46. The van der Waals surface area contributed by atoms with Gasteiger partial charge in [0, 0.05) is 25.9 Å². The van der Waals surface area contributed by atoms with Gasteiger partial charge in [0.05, 0.1) is 6.54 Å². The summed E-state index contributed by atoms with van der Waals surface area (Å²) in [5.41, 5.74) is 5.46. The SMILES string of the molecule is Cn1ccnc1CCn1nc(N)nc1Br. The van der Waals surface area contributed by atoms with Crippen LogP contribution in [0, 0.1) is 0 Å². The quantitative estimate of drug-likeness (QED) is 0.887. The molecule has 0 saturated carbocycles. The number of halogens is 1. The fourth-order valence-electron chi connectivity index (χ4n) is 1.33. The molecule has 2 heterocycles. The van der Waals surface area contributed by atoms with Crippen LogP contribution >= 0.6 is 15.9 Å². The fraction of sp³-hybridized carbons (Fsp3) is 0.375. The van der Waals surface area contributed by atoms with E-state index < -0.39 is 0 Å². The predicted octanol–water partition coefficient (Wildman–Crippen LogP) is 0.599. The molecule has 6 nitrogen and oxygen atoms in total. The van der Waals surface area contributed by atoms with Crippen molar-refractivity contribution >= 4 is 21.9 Å². The standard InChI is InChI=1S/C8H11BrN6/c1-14-5-3-11-6(14)2-4-15-7(9)12-8(10)13-15/h3,5H,2,4H2,1H3,(H2,10,13). The minimum Gasteiger partial charge on any atom is -0.366 e. The molecule has 2 N–H and O–H groups in total. The molecular formula is C8H11BrN6. The van der Waals surface area contributed by atoms with Crippen LogP contribution in [0.25, 0.3) is 0 Å². The molecule has 7 heteroatoms. The third kappa shape index (κ3) is 2.17. The van der Waals surface area contributed by atoms with E-state index in [1.807, 2.05) is 17.8 Å². The van der Waals surface area contributed by atoms with Gasteiger partial charge in [0.25, 0.3) is 0 Å². The van der Waals surface area contributed by atoms with E-state index in [4.69, 9.17) is 5.73 Å². The normalized spacial score (nSPS) is 10.8. The molecule has 0 amide bonds. The van der Waals surface area contributed by atoms with E-state index >= 15 is 0 Å². The molecule has 0 bridgehead atoms. The smallest absolute Gasteiger partial charge is 0.240 e. The number of imidazole rings is 1. The number of aromatic nitrogens is 5. The number of nitrogens with zero attached hydrogens (tertiary/aromatic N) is 5. The molecule has 0 aliphatic heterocycles. The van der Waals surface area contributed by atoms with Crippen molar-refractivity contribution in [1.82, 2.24) is 24.3 Å². The minimum absolute atomic E-state index is 0.279. The molecular weight excluding hydrogens is 260 g/mol. The molecule has 0 spiro atoms. The first-order chi connectivity index (χ1) is 7.16. The van der Waals surface area contributed by atoms with Gasteiger partial charge in [-0.1, -0.05) is 0 Å². The highest BCUT2D eigenvalue weighted by Crippen LogP contribution is 2.08. The van der Waals surface area contributed by atoms with Gasteiger partial charge in [-0.15, -0.1) is 5.10 Å². The van der Waals surface area contributed by atoms with Crippen molar-refractivity contribution in [3.05, 3.63) is 23.0 Å². The van der Waals surface area contributed by atoms with E-state index in [0.717, 1.165) is 12.2 Å². The van der Waals surface area contributed by atoms with Crippen LogP contribution in [0.3, 0.4) is 0 Å². The van der Waals surface area contributed by atoms with Gasteiger partial charge in [-0.25, -0.2) is 9.67 Å². The van der Waals surface area contributed by atoms with Crippen LogP contribution in [-0.2, 0) is 20.0 Å². The van der Waals surface area contributed by atoms with Gasteiger partial charge in [-0.3, -0.25) is 0 Å². The van der Waals surface area contributed by atoms with Gasteiger partial charge in [0.15, 0.2) is 4.73 Å². The van der Waals surface area contributed by atoms with Gasteiger partial charge >= 0.3 is 0 Å². The number of rotatable bonds is 3. The highest BCUT2D eigenvalue weighted by molar-refractivity contribution is 9.10. The van der Waals surface area contributed by atoms with E-state index in [-0.39, 0.29) is 5.95 Å². The molecule has 0 aliphatic carbocycles. The molecule has 0 aromatic carbocycles. The van der Waals surface area contributed by atoms with Crippen molar-refractivity contribution in [3.8, 4) is 0 Å². The Kier molecular flexibility index (Phi) is 2.72. The Bertz CT molecular complexity index is 459. The summed E-state index contributed by atoms with van der Waals surface area (Å²) >= 11 is 3.28. The van der Waals surface area contributed by atoms with Gasteiger partial charge in [-0.2, -0.15) is 4.98 Å². The summed E-state index contributed by atoms with van der Waals surface area (Å²) in [6.45, 7) is 0.704. The van der Waals surface area contributed by atoms with Crippen LogP contribution in [0.15, 0.2) is 17.1 Å². The van der Waals surface area contributed by atoms with E-state index in [1.165, 1.54) is 0 Å². The number of hydrogen-bond donors (Lipinski definition) is 1. The van der Waals surface area contributed by atoms with Gasteiger partial charge < -0.3 is 10.3 Å². The summed E-state index contributed by atoms with van der Waals surface area (Å²) in [7, 11) is 1.97. The lowest BCUT2D eigenvalue weighted by Gasteiger charge is -2.02. The number of hydrogen-bond acceptors (Lipinski definition) is 4. The number of nitrogens with two attached hydrogens (primary N) is 1. The van der Waals surface area contributed by atoms with Gasteiger partial charge in [0.1, 0.15) is 5.82 Å². The van der Waals surface area contributed by atoms with Crippen LogP contribution in [-0.4, -0.2) is 24.3 Å². The number of nitrogen functional groups attached to an aromatic ring is 1. The zero-order valence-corrected chi connectivity index (χ0v) is 9.85. The van der Waals surface area contributed by atoms with E-state index in [0.29, 0.717) is 11.3 Å². The van der Waals surface area contributed by atoms with Crippen LogP contribution in [0.1, 0.15) is 5.82 Å². The topological polar surface area (TPSA) is 74.5 Å². The van der Waals surface area contributed by atoms with Crippen LogP contribution in [0.2, 0.25) is 0 Å².